The van der Waals surface area contributed by atoms with E-state index in [2.05, 4.69) is 16.3 Å². The third-order valence-corrected chi connectivity index (χ3v) is 11.9. The van der Waals surface area contributed by atoms with E-state index in [1.165, 1.54) is 23.6 Å². The van der Waals surface area contributed by atoms with Crippen molar-refractivity contribution in [3.63, 3.8) is 0 Å². The van der Waals surface area contributed by atoms with Gasteiger partial charge >= 0.3 is 0 Å². The van der Waals surface area contributed by atoms with Crippen LogP contribution in [-0.4, -0.2) is 49.4 Å². The number of pyridine rings is 1. The molecule has 4 atom stereocenters. The van der Waals surface area contributed by atoms with Gasteiger partial charge in [-0.3, -0.25) is 4.79 Å². The van der Waals surface area contributed by atoms with E-state index in [0.717, 1.165) is 58.2 Å². The summed E-state index contributed by atoms with van der Waals surface area (Å²) in [4.78, 5) is 21.8. The predicted molar refractivity (Wildman–Crippen MR) is 160 cm³/mol. The first-order chi connectivity index (χ1) is 20.1. The molecule has 1 amide bonds. The number of amides is 1. The number of hydrogen-bond acceptors (Lipinski definition) is 7. The molecule has 3 aromatic rings. The molecule has 0 radical (unpaired) electrons. The van der Waals surface area contributed by atoms with Crippen molar-refractivity contribution in [2.75, 3.05) is 29.5 Å². The fraction of sp³-hybridized carbons (Fsp3) is 0.484. The Labute approximate surface area is 250 Å². The number of anilines is 1. The Hall–Kier alpha value is -3.36. The zero-order valence-corrected chi connectivity index (χ0v) is 25.5. The van der Waals surface area contributed by atoms with Gasteiger partial charge in [-0.15, -0.1) is 11.3 Å². The highest BCUT2D eigenvalue weighted by Crippen LogP contribution is 2.47. The summed E-state index contributed by atoms with van der Waals surface area (Å²) in [5, 5.41) is 13.6. The Kier molecular flexibility index (Phi) is 7.56. The fourth-order valence-electron chi connectivity index (χ4n) is 6.36. The normalized spacial score (nSPS) is 26.8. The second kappa shape index (κ2) is 11.0. The summed E-state index contributed by atoms with van der Waals surface area (Å²) in [6.07, 6.45) is 5.59. The van der Waals surface area contributed by atoms with Crippen LogP contribution < -0.4 is 14.8 Å². The number of aromatic nitrogens is 2. The topological polar surface area (TPSA) is 107 Å². The van der Waals surface area contributed by atoms with E-state index in [9.17, 15) is 22.9 Å². The Balaban J connectivity index is 1.36. The van der Waals surface area contributed by atoms with Gasteiger partial charge in [0, 0.05) is 36.7 Å². The molecule has 42 heavy (non-hydrogen) atoms. The van der Waals surface area contributed by atoms with Crippen LogP contribution in [-0.2, 0) is 21.7 Å². The first kappa shape index (κ1) is 28.7. The number of nitrogens with one attached hydrogen (secondary N) is 1. The lowest BCUT2D eigenvalue weighted by Crippen LogP contribution is -2.43. The van der Waals surface area contributed by atoms with E-state index in [1.54, 1.807) is 17.7 Å². The maximum absolute atomic E-state index is 13.9. The first-order valence-corrected chi connectivity index (χ1v) is 17.2. The van der Waals surface area contributed by atoms with Crippen LogP contribution in [0.5, 0.6) is 0 Å². The highest BCUT2D eigenvalue weighted by molar-refractivity contribution is 7.91. The molecule has 1 N–H and O–H groups in total. The smallest absolute Gasteiger partial charge is 0.241 e. The van der Waals surface area contributed by atoms with Crippen LogP contribution >= 0.6 is 11.3 Å². The zero-order valence-electron chi connectivity index (χ0n) is 23.8. The van der Waals surface area contributed by atoms with Crippen LogP contribution in [0.25, 0.3) is 21.1 Å². The summed E-state index contributed by atoms with van der Waals surface area (Å²) in [6, 6.07) is 13.6. The second-order valence-electron chi connectivity index (χ2n) is 11.9. The van der Waals surface area contributed by atoms with Crippen molar-refractivity contribution in [3.05, 3.63) is 54.1 Å². The molecule has 1 saturated heterocycles. The van der Waals surface area contributed by atoms with E-state index in [0.29, 0.717) is 19.5 Å². The summed E-state index contributed by atoms with van der Waals surface area (Å²) in [6.45, 7) is 2.93. The van der Waals surface area contributed by atoms with E-state index in [-0.39, 0.29) is 41.0 Å². The van der Waals surface area contributed by atoms with E-state index < -0.39 is 15.4 Å². The van der Waals surface area contributed by atoms with Crippen LogP contribution in [0.3, 0.4) is 0 Å². The van der Waals surface area contributed by atoms with Gasteiger partial charge in [0.2, 0.25) is 17.8 Å². The molecular formula is C31H35FN5O3S2+. The number of aryl methyl sites for hydroxylation is 1. The molecule has 11 heteroatoms. The van der Waals surface area contributed by atoms with E-state index >= 15 is 0 Å². The van der Waals surface area contributed by atoms with Crippen molar-refractivity contribution in [3.8, 4) is 27.2 Å². The summed E-state index contributed by atoms with van der Waals surface area (Å²) in [5.74, 6) is -0.348. The van der Waals surface area contributed by atoms with Crippen molar-refractivity contribution in [1.82, 2.24) is 10.3 Å². The standard InChI is InChI=1S/C31H34FN5O3S2/c1-20-17-31(20,19-33)35-29(38)25-6-4-3-5-24(25)27-28(41-30(34-27)26-12-9-22(32)18-36(26)2)21-7-10-23(11-8-21)37-13-15-42(39,40)16-14-37/h7-12,18,20,24-25H,3-6,13-17H2,1-2H3/p+1. The molecule has 0 bridgehead atoms. The number of halogens is 1. The highest BCUT2D eigenvalue weighted by Gasteiger charge is 2.54. The minimum Gasteiger partial charge on any atom is -0.369 e. The number of hydrogen-bond donors (Lipinski definition) is 1. The third-order valence-electron chi connectivity index (χ3n) is 9.12. The molecule has 2 aliphatic carbocycles. The van der Waals surface area contributed by atoms with Gasteiger partial charge in [-0.2, -0.15) is 9.83 Å². The molecule has 2 saturated carbocycles. The molecule has 3 heterocycles. The zero-order chi connectivity index (χ0) is 29.6. The monoisotopic (exact) mass is 608 g/mol. The summed E-state index contributed by atoms with van der Waals surface area (Å²) < 4.78 is 39.5. The number of sulfone groups is 1. The Bertz CT molecular complexity index is 1650. The Morgan fingerprint density at radius 3 is 2.50 bits per heavy atom. The number of carbonyl (C=O) groups is 1. The van der Waals surface area contributed by atoms with Gasteiger partial charge in [0.25, 0.3) is 0 Å². The van der Waals surface area contributed by atoms with E-state index in [1.807, 2.05) is 31.2 Å². The van der Waals surface area contributed by atoms with Gasteiger partial charge in [0.1, 0.15) is 12.6 Å². The molecule has 6 rings (SSSR count). The molecule has 4 unspecified atom stereocenters. The number of thiazole rings is 1. The number of nitriles is 1. The molecule has 1 aromatic carbocycles. The van der Waals surface area contributed by atoms with Crippen LogP contribution in [0.1, 0.15) is 50.6 Å². The maximum Gasteiger partial charge on any atom is 0.241 e. The van der Waals surface area contributed by atoms with Crippen molar-refractivity contribution in [2.24, 2.45) is 18.9 Å². The molecule has 0 spiro atoms. The third kappa shape index (κ3) is 5.54. The van der Waals surface area contributed by atoms with Crippen LogP contribution in [0.4, 0.5) is 10.1 Å². The lowest BCUT2D eigenvalue weighted by Gasteiger charge is -2.31. The lowest BCUT2D eigenvalue weighted by atomic mass is 9.76. The molecular weight excluding hydrogens is 574 g/mol. The summed E-state index contributed by atoms with van der Waals surface area (Å²) in [5.41, 5.74) is 2.83. The average molecular weight is 609 g/mol. The minimum absolute atomic E-state index is 0.0752. The SMILES string of the molecule is CC1CC1(C#N)NC(=O)C1CCCCC1c1nc(-c2ccc(F)c[n+]2C)sc1-c1ccc(N2CCS(=O)(=O)CC2)cc1. The van der Waals surface area contributed by atoms with Gasteiger partial charge in [0.15, 0.2) is 20.7 Å². The van der Waals surface area contributed by atoms with Gasteiger partial charge in [-0.05, 0) is 48.9 Å². The van der Waals surface area contributed by atoms with Crippen LogP contribution in [0.2, 0.25) is 0 Å². The van der Waals surface area contributed by atoms with Gasteiger partial charge in [-0.25, -0.2) is 17.8 Å². The molecule has 8 nitrogen and oxygen atoms in total. The molecule has 2 aromatic heterocycles. The van der Waals surface area contributed by atoms with Gasteiger partial charge < -0.3 is 10.2 Å². The van der Waals surface area contributed by atoms with Gasteiger partial charge in [-0.1, -0.05) is 31.9 Å². The Morgan fingerprint density at radius 1 is 1.17 bits per heavy atom. The van der Waals surface area contributed by atoms with E-state index in [4.69, 9.17) is 4.98 Å². The average Bonchev–Trinajstić information content (AvgIpc) is 3.40. The molecule has 220 valence electrons. The minimum atomic E-state index is -2.97. The number of rotatable bonds is 6. The van der Waals surface area contributed by atoms with Gasteiger partial charge in [0.05, 0.1) is 28.1 Å². The fourth-order valence-corrected chi connectivity index (χ4v) is 8.77. The molecule has 3 aliphatic rings. The first-order valence-electron chi connectivity index (χ1n) is 14.5. The van der Waals surface area contributed by atoms with Crippen LogP contribution in [0, 0.1) is 29.0 Å². The van der Waals surface area contributed by atoms with Crippen molar-refractivity contribution in [1.29, 1.82) is 5.26 Å². The largest absolute Gasteiger partial charge is 0.369 e. The highest BCUT2D eigenvalue weighted by atomic mass is 32.2. The number of benzene rings is 1. The number of carbonyl (C=O) groups excluding carboxylic acids is 1. The summed E-state index contributed by atoms with van der Waals surface area (Å²) in [7, 11) is -1.18. The second-order valence-corrected chi connectivity index (χ2v) is 15.2. The maximum atomic E-state index is 13.9. The summed E-state index contributed by atoms with van der Waals surface area (Å²) >= 11 is 1.53. The van der Waals surface area contributed by atoms with Crippen molar-refractivity contribution in [2.45, 2.75) is 50.5 Å². The van der Waals surface area contributed by atoms with Crippen molar-refractivity contribution < 1.29 is 22.2 Å². The quantitative estimate of drug-likeness (QED) is 0.417. The van der Waals surface area contributed by atoms with Crippen LogP contribution in [0.15, 0.2) is 42.6 Å². The lowest BCUT2D eigenvalue weighted by molar-refractivity contribution is -0.661. The predicted octanol–water partition coefficient (Wildman–Crippen LogP) is 4.37. The Morgan fingerprint density at radius 2 is 1.86 bits per heavy atom. The molecule has 3 fully saturated rings. The van der Waals surface area contributed by atoms with Crippen molar-refractivity contribution >= 4 is 32.8 Å². The number of nitrogens with zero attached hydrogens (tertiary/aromatic N) is 4. The molecule has 1 aliphatic heterocycles.